The van der Waals surface area contributed by atoms with Crippen molar-refractivity contribution in [1.29, 1.82) is 0 Å². The first-order chi connectivity index (χ1) is 13.7. The average Bonchev–Trinajstić information content (AvgIpc) is 3.27. The van der Waals surface area contributed by atoms with Gasteiger partial charge in [-0.05, 0) is 33.1 Å². The summed E-state index contributed by atoms with van der Waals surface area (Å²) in [7, 11) is 1.67. The fourth-order valence-electron chi connectivity index (χ4n) is 3.41. The van der Waals surface area contributed by atoms with Crippen LogP contribution >= 0.6 is 0 Å². The van der Waals surface area contributed by atoms with Crippen molar-refractivity contribution in [3.8, 4) is 0 Å². The highest BCUT2D eigenvalue weighted by Gasteiger charge is 2.22. The van der Waals surface area contributed by atoms with E-state index in [0.29, 0.717) is 12.6 Å². The number of aliphatic imine (C=N–C) groups is 1. The third kappa shape index (κ3) is 5.54. The van der Waals surface area contributed by atoms with Crippen molar-refractivity contribution in [1.82, 2.24) is 34.9 Å². The fourth-order valence-corrected chi connectivity index (χ4v) is 3.41. The van der Waals surface area contributed by atoms with Gasteiger partial charge in [0, 0.05) is 51.6 Å². The van der Waals surface area contributed by atoms with E-state index in [0.717, 1.165) is 75.3 Å². The summed E-state index contributed by atoms with van der Waals surface area (Å²) < 4.78 is 9.31. The number of nitrogens with zero attached hydrogens (tertiary/aromatic N) is 6. The maximum Gasteiger partial charge on any atom is 0.191 e. The molecule has 0 saturated carbocycles. The molecule has 3 rings (SSSR count). The van der Waals surface area contributed by atoms with Gasteiger partial charge in [0.05, 0.1) is 6.54 Å². The van der Waals surface area contributed by atoms with Crippen LogP contribution < -0.4 is 10.6 Å². The number of unbranched alkanes of at least 4 members (excludes halogenated alkanes) is 1. The summed E-state index contributed by atoms with van der Waals surface area (Å²) in [5, 5.41) is 11.4. The zero-order chi connectivity index (χ0) is 19.8. The van der Waals surface area contributed by atoms with Crippen molar-refractivity contribution in [3.63, 3.8) is 0 Å². The first-order valence-corrected chi connectivity index (χ1v) is 10.1. The molecule has 0 fully saturated rings. The number of ether oxygens (including phenoxy) is 1. The number of methoxy groups -OCH3 is 1. The molecular formula is C19H32N8O. The van der Waals surface area contributed by atoms with Crippen LogP contribution in [0.15, 0.2) is 17.4 Å². The maximum absolute atomic E-state index is 5.14. The molecule has 0 aliphatic carbocycles. The fraction of sp³-hybridized carbons (Fsp3) is 0.684. The lowest BCUT2D eigenvalue weighted by atomic mass is 10.1. The lowest BCUT2D eigenvalue weighted by molar-refractivity contribution is 0.177. The topological polar surface area (TPSA) is 94.2 Å². The molecule has 0 spiro atoms. The number of hydrogen-bond acceptors (Lipinski definition) is 5. The third-order valence-corrected chi connectivity index (χ3v) is 4.86. The van der Waals surface area contributed by atoms with E-state index in [9.17, 15) is 0 Å². The van der Waals surface area contributed by atoms with Crippen molar-refractivity contribution in [2.24, 2.45) is 4.99 Å². The van der Waals surface area contributed by atoms with Gasteiger partial charge >= 0.3 is 0 Å². The SMILES string of the molecule is CCNC(=NCCCCn1ccnc1C)NC1CCc2nc(COC)nn2C1. The van der Waals surface area contributed by atoms with E-state index in [1.165, 1.54) is 0 Å². The standard InChI is InChI=1S/C19H32N8O/c1-4-20-19(22-9-5-6-11-26-12-10-21-15(26)2)23-16-7-8-18-24-17(14-28-3)25-27(18)13-16/h10,12,16H,4-9,11,13-14H2,1-3H3,(H2,20,22,23). The summed E-state index contributed by atoms with van der Waals surface area (Å²) in [5.74, 6) is 3.75. The van der Waals surface area contributed by atoms with Crippen molar-refractivity contribution in [2.75, 3.05) is 20.2 Å². The van der Waals surface area contributed by atoms with Gasteiger partial charge in [0.1, 0.15) is 18.3 Å². The van der Waals surface area contributed by atoms with Gasteiger partial charge < -0.3 is 19.9 Å². The van der Waals surface area contributed by atoms with Crippen molar-refractivity contribution in [3.05, 3.63) is 29.9 Å². The summed E-state index contributed by atoms with van der Waals surface area (Å²) in [6.07, 6.45) is 7.96. The van der Waals surface area contributed by atoms with Crippen LogP contribution in [0.3, 0.4) is 0 Å². The van der Waals surface area contributed by atoms with E-state index in [2.05, 4.69) is 37.2 Å². The molecule has 3 heterocycles. The maximum atomic E-state index is 5.14. The van der Waals surface area contributed by atoms with Gasteiger partial charge in [-0.1, -0.05) is 0 Å². The molecule has 1 unspecified atom stereocenters. The molecule has 0 aromatic carbocycles. The highest BCUT2D eigenvalue weighted by molar-refractivity contribution is 5.80. The van der Waals surface area contributed by atoms with Gasteiger partial charge in [0.2, 0.25) is 0 Å². The van der Waals surface area contributed by atoms with Crippen molar-refractivity contribution >= 4 is 5.96 Å². The summed E-state index contributed by atoms with van der Waals surface area (Å²) in [5.41, 5.74) is 0. The van der Waals surface area contributed by atoms with E-state index in [1.807, 2.05) is 24.0 Å². The quantitative estimate of drug-likeness (QED) is 0.382. The molecule has 1 aliphatic rings. The van der Waals surface area contributed by atoms with Crippen LogP contribution in [0.1, 0.15) is 43.7 Å². The third-order valence-electron chi connectivity index (χ3n) is 4.86. The van der Waals surface area contributed by atoms with Gasteiger partial charge in [-0.3, -0.25) is 4.99 Å². The second-order valence-corrected chi connectivity index (χ2v) is 7.07. The minimum absolute atomic E-state index is 0.302. The Balaban J connectivity index is 1.46. The van der Waals surface area contributed by atoms with E-state index < -0.39 is 0 Å². The minimum atomic E-state index is 0.302. The molecule has 2 aromatic heterocycles. The Morgan fingerprint density at radius 1 is 1.39 bits per heavy atom. The van der Waals surface area contributed by atoms with Crippen LogP contribution in [0, 0.1) is 6.92 Å². The smallest absolute Gasteiger partial charge is 0.191 e. The molecule has 2 N–H and O–H groups in total. The van der Waals surface area contributed by atoms with E-state index >= 15 is 0 Å². The molecular weight excluding hydrogens is 356 g/mol. The first kappa shape index (κ1) is 20.3. The number of fused-ring (bicyclic) bond motifs is 1. The number of aryl methyl sites for hydroxylation is 3. The number of imidazole rings is 1. The molecule has 9 nitrogen and oxygen atoms in total. The monoisotopic (exact) mass is 388 g/mol. The Morgan fingerprint density at radius 3 is 3.04 bits per heavy atom. The zero-order valence-electron chi connectivity index (χ0n) is 17.2. The summed E-state index contributed by atoms with van der Waals surface area (Å²) >= 11 is 0. The number of nitrogens with one attached hydrogen (secondary N) is 2. The highest BCUT2D eigenvalue weighted by atomic mass is 16.5. The molecule has 1 atom stereocenters. The lowest BCUT2D eigenvalue weighted by Gasteiger charge is -2.25. The Hall–Kier alpha value is -2.42. The molecule has 154 valence electrons. The highest BCUT2D eigenvalue weighted by Crippen LogP contribution is 2.13. The number of hydrogen-bond donors (Lipinski definition) is 2. The lowest BCUT2D eigenvalue weighted by Crippen LogP contribution is -2.47. The van der Waals surface area contributed by atoms with E-state index in [-0.39, 0.29) is 0 Å². The number of guanidine groups is 1. The van der Waals surface area contributed by atoms with Gasteiger partial charge in [0.25, 0.3) is 0 Å². The Morgan fingerprint density at radius 2 is 2.29 bits per heavy atom. The first-order valence-electron chi connectivity index (χ1n) is 10.1. The van der Waals surface area contributed by atoms with Crippen molar-refractivity contribution < 1.29 is 4.74 Å². The normalized spacial score (nSPS) is 16.8. The van der Waals surface area contributed by atoms with Gasteiger partial charge in [-0.25, -0.2) is 14.6 Å². The number of rotatable bonds is 9. The van der Waals surface area contributed by atoms with Crippen LogP contribution in [-0.4, -0.2) is 56.5 Å². The summed E-state index contributed by atoms with van der Waals surface area (Å²) in [4.78, 5) is 13.5. The van der Waals surface area contributed by atoms with Gasteiger partial charge in [-0.15, -0.1) is 0 Å². The Labute approximate surface area is 166 Å². The number of aromatic nitrogens is 5. The molecule has 0 bridgehead atoms. The van der Waals surface area contributed by atoms with Gasteiger partial charge in [-0.2, -0.15) is 5.10 Å². The zero-order valence-corrected chi connectivity index (χ0v) is 17.2. The van der Waals surface area contributed by atoms with E-state index in [4.69, 9.17) is 9.73 Å². The summed E-state index contributed by atoms with van der Waals surface area (Å²) in [6, 6.07) is 0.302. The average molecular weight is 389 g/mol. The molecule has 0 saturated heterocycles. The predicted octanol–water partition coefficient (Wildman–Crippen LogP) is 1.28. The van der Waals surface area contributed by atoms with Crippen LogP contribution in [0.25, 0.3) is 0 Å². The second-order valence-electron chi connectivity index (χ2n) is 7.07. The molecule has 0 radical (unpaired) electrons. The van der Waals surface area contributed by atoms with E-state index in [1.54, 1.807) is 7.11 Å². The van der Waals surface area contributed by atoms with Crippen LogP contribution in [-0.2, 0) is 30.9 Å². The van der Waals surface area contributed by atoms with Crippen LogP contribution in [0.4, 0.5) is 0 Å². The molecule has 1 aliphatic heterocycles. The molecule has 9 heteroatoms. The largest absolute Gasteiger partial charge is 0.377 e. The Kier molecular flexibility index (Phi) is 7.41. The van der Waals surface area contributed by atoms with Crippen molar-refractivity contribution in [2.45, 2.75) is 65.3 Å². The minimum Gasteiger partial charge on any atom is -0.377 e. The van der Waals surface area contributed by atoms with Gasteiger partial charge in [0.15, 0.2) is 11.8 Å². The predicted molar refractivity (Wildman–Crippen MR) is 108 cm³/mol. The van der Waals surface area contributed by atoms with Crippen LogP contribution in [0.2, 0.25) is 0 Å². The second kappa shape index (κ2) is 10.2. The molecule has 0 amide bonds. The molecule has 2 aromatic rings. The molecule has 28 heavy (non-hydrogen) atoms. The summed E-state index contributed by atoms with van der Waals surface area (Å²) in [6.45, 7) is 8.03. The van der Waals surface area contributed by atoms with Crippen LogP contribution in [0.5, 0.6) is 0 Å². The Bertz CT molecular complexity index is 766.